The van der Waals surface area contributed by atoms with E-state index in [1.807, 2.05) is 36.4 Å². The summed E-state index contributed by atoms with van der Waals surface area (Å²) in [5.41, 5.74) is 0.997. The first-order valence-electron chi connectivity index (χ1n) is 8.15. The highest BCUT2D eigenvalue weighted by molar-refractivity contribution is 7.84. The first-order chi connectivity index (χ1) is 10.1. The molecule has 4 fully saturated rings. The predicted molar refractivity (Wildman–Crippen MR) is 88.4 cm³/mol. The van der Waals surface area contributed by atoms with Crippen molar-refractivity contribution in [3.63, 3.8) is 0 Å². The van der Waals surface area contributed by atoms with Crippen LogP contribution in [0.1, 0.15) is 48.9 Å². The van der Waals surface area contributed by atoms with Gasteiger partial charge in [-0.15, -0.1) is 12.6 Å². The van der Waals surface area contributed by atoms with Gasteiger partial charge in [0.15, 0.2) is 5.78 Å². The van der Waals surface area contributed by atoms with Crippen LogP contribution in [-0.2, 0) is 0 Å². The third-order valence-electron chi connectivity index (χ3n) is 5.91. The molecular formula is C19H22OS. The van der Waals surface area contributed by atoms with E-state index in [4.69, 9.17) is 12.6 Å². The van der Waals surface area contributed by atoms with Gasteiger partial charge in [0.25, 0.3) is 0 Å². The summed E-state index contributed by atoms with van der Waals surface area (Å²) in [5.74, 6) is 2.77. The van der Waals surface area contributed by atoms with Gasteiger partial charge < -0.3 is 0 Å². The van der Waals surface area contributed by atoms with E-state index in [-0.39, 0.29) is 11.2 Å². The number of hydrogen-bond acceptors (Lipinski definition) is 2. The average Bonchev–Trinajstić information content (AvgIpc) is 2.46. The molecule has 110 valence electrons. The maximum atomic E-state index is 12.4. The highest BCUT2D eigenvalue weighted by atomic mass is 32.1. The Labute approximate surface area is 132 Å². The molecule has 0 atom stereocenters. The topological polar surface area (TPSA) is 17.1 Å². The second kappa shape index (κ2) is 5.01. The van der Waals surface area contributed by atoms with Gasteiger partial charge >= 0.3 is 0 Å². The Morgan fingerprint density at radius 3 is 2.05 bits per heavy atom. The monoisotopic (exact) mass is 298 g/mol. The smallest absolute Gasteiger partial charge is 0.186 e. The highest BCUT2D eigenvalue weighted by Gasteiger charge is 2.51. The normalized spacial score (nSPS) is 37.8. The van der Waals surface area contributed by atoms with Gasteiger partial charge in [0.2, 0.25) is 0 Å². The highest BCUT2D eigenvalue weighted by Crippen LogP contribution is 2.63. The number of rotatable bonds is 3. The minimum absolute atomic E-state index is 0.108. The molecule has 0 N–H and O–H groups in total. The molecule has 1 aromatic rings. The number of hydrogen-bond donors (Lipinski definition) is 1. The van der Waals surface area contributed by atoms with E-state index in [0.29, 0.717) is 0 Å². The third-order valence-corrected chi connectivity index (χ3v) is 6.51. The zero-order chi connectivity index (χ0) is 14.4. The Bertz CT molecular complexity index is 552. The lowest BCUT2D eigenvalue weighted by molar-refractivity contribution is -0.0258. The molecule has 21 heavy (non-hydrogen) atoms. The van der Waals surface area contributed by atoms with Crippen molar-refractivity contribution in [2.75, 3.05) is 0 Å². The van der Waals surface area contributed by atoms with Crippen LogP contribution in [0.3, 0.4) is 0 Å². The largest absolute Gasteiger partial charge is 0.289 e. The minimum atomic E-state index is 0.108. The molecule has 0 radical (unpaired) electrons. The fourth-order valence-electron chi connectivity index (χ4n) is 5.39. The summed E-state index contributed by atoms with van der Waals surface area (Å²) in [7, 11) is 0. The van der Waals surface area contributed by atoms with Crippen LogP contribution in [0.15, 0.2) is 41.3 Å². The molecule has 4 aliphatic rings. The number of allylic oxidation sites excluding steroid dienone is 2. The van der Waals surface area contributed by atoms with Crippen molar-refractivity contribution < 1.29 is 4.79 Å². The van der Waals surface area contributed by atoms with E-state index in [1.54, 1.807) is 0 Å². The predicted octanol–water partition coefficient (Wildman–Crippen LogP) is 4.90. The quantitative estimate of drug-likeness (QED) is 0.477. The lowest BCUT2D eigenvalue weighted by Crippen LogP contribution is -2.46. The van der Waals surface area contributed by atoms with Crippen molar-refractivity contribution in [1.82, 2.24) is 0 Å². The van der Waals surface area contributed by atoms with E-state index in [9.17, 15) is 4.79 Å². The van der Waals surface area contributed by atoms with E-state index in [2.05, 4.69) is 0 Å². The zero-order valence-electron chi connectivity index (χ0n) is 12.3. The number of carbonyl (C=O) groups is 1. The molecule has 4 saturated carbocycles. The van der Waals surface area contributed by atoms with Crippen molar-refractivity contribution in [3.8, 4) is 0 Å². The Morgan fingerprint density at radius 2 is 1.52 bits per heavy atom. The summed E-state index contributed by atoms with van der Waals surface area (Å²) < 4.78 is 0. The fraction of sp³-hybridized carbons (Fsp3) is 0.526. The Balaban J connectivity index is 1.61. The van der Waals surface area contributed by atoms with E-state index >= 15 is 0 Å². The van der Waals surface area contributed by atoms with Crippen molar-refractivity contribution in [2.24, 2.45) is 23.2 Å². The van der Waals surface area contributed by atoms with E-state index in [1.165, 1.54) is 38.5 Å². The molecule has 1 nitrogen and oxygen atoms in total. The summed E-state index contributed by atoms with van der Waals surface area (Å²) in [5, 5.41) is 0. The SMILES string of the molecule is O=C(C=C(S)C12CC3CC(CC(C3)C1)C2)c1ccccc1. The lowest BCUT2D eigenvalue weighted by atomic mass is 9.49. The zero-order valence-corrected chi connectivity index (χ0v) is 13.2. The molecule has 0 spiro atoms. The maximum absolute atomic E-state index is 12.4. The number of carbonyl (C=O) groups excluding carboxylic acids is 1. The summed E-state index contributed by atoms with van der Waals surface area (Å²) in [4.78, 5) is 13.5. The van der Waals surface area contributed by atoms with E-state index < -0.39 is 0 Å². The molecule has 0 heterocycles. The van der Waals surface area contributed by atoms with Gasteiger partial charge in [-0.05, 0) is 67.3 Å². The molecule has 0 aromatic heterocycles. The summed E-state index contributed by atoms with van der Waals surface area (Å²) >= 11 is 4.80. The van der Waals surface area contributed by atoms with E-state index in [0.717, 1.165) is 28.2 Å². The van der Waals surface area contributed by atoms with Crippen molar-refractivity contribution in [2.45, 2.75) is 38.5 Å². The molecule has 0 aliphatic heterocycles. The van der Waals surface area contributed by atoms with Gasteiger partial charge in [-0.1, -0.05) is 30.3 Å². The van der Waals surface area contributed by atoms with Crippen molar-refractivity contribution >= 4 is 18.4 Å². The molecule has 5 rings (SSSR count). The van der Waals surface area contributed by atoms with Crippen LogP contribution in [0.5, 0.6) is 0 Å². The molecule has 0 saturated heterocycles. The summed E-state index contributed by atoms with van der Waals surface area (Å²) in [6.45, 7) is 0. The fourth-order valence-corrected chi connectivity index (χ4v) is 5.78. The Hall–Kier alpha value is -1.02. The molecule has 0 amide bonds. The molecule has 0 unspecified atom stereocenters. The molecule has 4 aliphatic carbocycles. The number of ketones is 1. The number of thiol groups is 1. The first kappa shape index (κ1) is 13.6. The van der Waals surface area contributed by atoms with Crippen molar-refractivity contribution in [3.05, 3.63) is 46.9 Å². The maximum Gasteiger partial charge on any atom is 0.186 e. The Kier molecular flexibility index (Phi) is 3.25. The third kappa shape index (κ3) is 2.38. The Morgan fingerprint density at radius 1 is 1.00 bits per heavy atom. The van der Waals surface area contributed by atoms with Gasteiger partial charge in [-0.25, -0.2) is 0 Å². The molecular weight excluding hydrogens is 276 g/mol. The van der Waals surface area contributed by atoms with Gasteiger partial charge in [-0.2, -0.15) is 0 Å². The van der Waals surface area contributed by atoms with Crippen LogP contribution in [0.4, 0.5) is 0 Å². The number of benzene rings is 1. The van der Waals surface area contributed by atoms with Gasteiger partial charge in [0, 0.05) is 11.0 Å². The second-order valence-electron chi connectivity index (χ2n) is 7.46. The van der Waals surface area contributed by atoms with Gasteiger partial charge in [-0.3, -0.25) is 4.79 Å². The van der Waals surface area contributed by atoms with Crippen molar-refractivity contribution in [1.29, 1.82) is 0 Å². The van der Waals surface area contributed by atoms with Crippen LogP contribution in [0.25, 0.3) is 0 Å². The average molecular weight is 298 g/mol. The molecule has 1 aromatic carbocycles. The second-order valence-corrected chi connectivity index (χ2v) is 7.94. The first-order valence-corrected chi connectivity index (χ1v) is 8.60. The van der Waals surface area contributed by atoms with Gasteiger partial charge in [0.05, 0.1) is 0 Å². The lowest BCUT2D eigenvalue weighted by Gasteiger charge is -2.57. The van der Waals surface area contributed by atoms with Crippen LogP contribution >= 0.6 is 12.6 Å². The summed E-state index contributed by atoms with van der Waals surface area (Å²) in [6.07, 6.45) is 9.86. The van der Waals surface area contributed by atoms with Crippen LogP contribution in [0, 0.1) is 23.2 Å². The van der Waals surface area contributed by atoms with Crippen LogP contribution in [0.2, 0.25) is 0 Å². The van der Waals surface area contributed by atoms with Gasteiger partial charge in [0.1, 0.15) is 0 Å². The summed E-state index contributed by atoms with van der Waals surface area (Å²) in [6, 6.07) is 9.56. The minimum Gasteiger partial charge on any atom is -0.289 e. The standard InChI is InChI=1S/C19H22OS/c20-17(16-4-2-1-3-5-16)9-18(21)19-10-13-6-14(11-19)8-15(7-13)12-19/h1-5,9,13-15,21H,6-8,10-12H2. The molecule has 4 bridgehead atoms. The molecule has 2 heteroatoms. The van der Waals surface area contributed by atoms with Crippen LogP contribution in [-0.4, -0.2) is 5.78 Å². The van der Waals surface area contributed by atoms with Crippen LogP contribution < -0.4 is 0 Å².